The molecule has 0 aliphatic rings. The average Bonchev–Trinajstić information content (AvgIpc) is 3.53. The van der Waals surface area contributed by atoms with Crippen molar-refractivity contribution in [1.82, 2.24) is 9.13 Å². The largest absolute Gasteiger partial charge is 0.309 e. The maximum atomic E-state index is 2.41. The molecule has 0 aliphatic carbocycles. The Morgan fingerprint density at radius 3 is 1.29 bits per heavy atom. The van der Waals surface area contributed by atoms with Crippen LogP contribution in [0.15, 0.2) is 140 Å². The van der Waals surface area contributed by atoms with Crippen LogP contribution in [-0.2, 0) is 5.41 Å². The van der Waals surface area contributed by atoms with E-state index in [4.69, 9.17) is 0 Å². The molecule has 0 N–H and O–H groups in total. The van der Waals surface area contributed by atoms with E-state index >= 15 is 0 Å². The molecule has 0 fully saturated rings. The van der Waals surface area contributed by atoms with Crippen molar-refractivity contribution >= 4 is 43.6 Å². The first-order valence-corrected chi connectivity index (χ1v) is 14.7. The summed E-state index contributed by atoms with van der Waals surface area (Å²) < 4.78 is 4.81. The average molecular weight is 541 g/mol. The highest BCUT2D eigenvalue weighted by molar-refractivity contribution is 6.12. The zero-order valence-electron chi connectivity index (χ0n) is 24.2. The number of para-hydroxylation sites is 3. The number of fused-ring (bicyclic) bond motifs is 6. The van der Waals surface area contributed by atoms with E-state index in [-0.39, 0.29) is 5.41 Å². The smallest absolute Gasteiger partial charge is 0.0561 e. The van der Waals surface area contributed by atoms with Gasteiger partial charge in [-0.3, -0.25) is 0 Å². The van der Waals surface area contributed by atoms with Crippen LogP contribution in [0.5, 0.6) is 0 Å². The summed E-state index contributed by atoms with van der Waals surface area (Å²) in [6.07, 6.45) is 0. The van der Waals surface area contributed by atoms with Crippen molar-refractivity contribution in [2.24, 2.45) is 0 Å². The van der Waals surface area contributed by atoms with E-state index < -0.39 is 0 Å². The Morgan fingerprint density at radius 2 is 0.786 bits per heavy atom. The molecular weight excluding hydrogens is 508 g/mol. The lowest BCUT2D eigenvalue weighted by molar-refractivity contribution is 0.590. The Hall–Kier alpha value is -5.08. The van der Waals surface area contributed by atoms with Gasteiger partial charge >= 0.3 is 0 Å². The van der Waals surface area contributed by atoms with Crippen molar-refractivity contribution in [1.29, 1.82) is 0 Å². The second-order valence-corrected chi connectivity index (χ2v) is 12.3. The molecule has 8 rings (SSSR count). The summed E-state index contributed by atoms with van der Waals surface area (Å²) in [6, 6.07) is 51.1. The minimum Gasteiger partial charge on any atom is -0.309 e. The van der Waals surface area contributed by atoms with E-state index in [0.717, 1.165) is 5.69 Å². The van der Waals surface area contributed by atoms with Gasteiger partial charge in [-0.05, 0) is 64.6 Å². The normalized spacial score (nSPS) is 12.2. The summed E-state index contributed by atoms with van der Waals surface area (Å²) in [6.45, 7) is 6.78. The first-order valence-electron chi connectivity index (χ1n) is 14.7. The standard InChI is InChI=1S/C40H32N2/c1-40(2,3)29-20-16-27(17-21-29)28-18-22-30(23-19-28)41-36-13-7-6-12-34(36)35-25-24-31(26-39(35)41)42-37-14-8-4-10-32(37)33-11-5-9-15-38(33)42/h4-26H,1-3H3. The zero-order valence-corrected chi connectivity index (χ0v) is 24.2. The van der Waals surface area contributed by atoms with Crippen LogP contribution in [0.25, 0.3) is 66.1 Å². The van der Waals surface area contributed by atoms with E-state index in [2.05, 4.69) is 169 Å². The molecule has 2 nitrogen and oxygen atoms in total. The fourth-order valence-electron chi connectivity index (χ4n) is 6.54. The SMILES string of the molecule is CC(C)(C)c1ccc(-c2ccc(-n3c4ccccc4c4ccc(-n5c6ccccc6c6ccccc65)cc43)cc2)cc1. The molecule has 0 aliphatic heterocycles. The van der Waals surface area contributed by atoms with Gasteiger partial charge in [0.15, 0.2) is 0 Å². The highest BCUT2D eigenvalue weighted by Gasteiger charge is 2.17. The lowest BCUT2D eigenvalue weighted by atomic mass is 9.86. The van der Waals surface area contributed by atoms with Crippen LogP contribution in [0, 0.1) is 0 Å². The van der Waals surface area contributed by atoms with Gasteiger partial charge in [0.2, 0.25) is 0 Å². The lowest BCUT2D eigenvalue weighted by Crippen LogP contribution is -2.10. The Balaban J connectivity index is 1.31. The summed E-state index contributed by atoms with van der Waals surface area (Å²) in [5, 5.41) is 5.08. The summed E-state index contributed by atoms with van der Waals surface area (Å²) in [7, 11) is 0. The molecule has 2 heteroatoms. The molecule has 0 radical (unpaired) electrons. The third-order valence-corrected chi connectivity index (χ3v) is 8.71. The first kappa shape index (κ1) is 24.7. The highest BCUT2D eigenvalue weighted by Crippen LogP contribution is 2.37. The van der Waals surface area contributed by atoms with Gasteiger partial charge in [-0.15, -0.1) is 0 Å². The predicted octanol–water partition coefficient (Wildman–Crippen LogP) is 10.8. The quantitative estimate of drug-likeness (QED) is 0.211. The minimum atomic E-state index is 0.150. The number of aromatic nitrogens is 2. The van der Waals surface area contributed by atoms with Crippen LogP contribution in [0.1, 0.15) is 26.3 Å². The second kappa shape index (κ2) is 9.22. The monoisotopic (exact) mass is 540 g/mol. The minimum absolute atomic E-state index is 0.150. The Kier molecular flexibility index (Phi) is 5.42. The van der Waals surface area contributed by atoms with Crippen LogP contribution in [-0.4, -0.2) is 9.13 Å². The summed E-state index contributed by atoms with van der Waals surface area (Å²) in [5.41, 5.74) is 11.2. The summed E-state index contributed by atoms with van der Waals surface area (Å²) >= 11 is 0. The Morgan fingerprint density at radius 1 is 0.381 bits per heavy atom. The van der Waals surface area contributed by atoms with Gasteiger partial charge in [-0.1, -0.05) is 118 Å². The highest BCUT2D eigenvalue weighted by atomic mass is 15.0. The fraction of sp³-hybridized carbons (Fsp3) is 0.100. The number of benzene rings is 6. The maximum absolute atomic E-state index is 2.41. The van der Waals surface area contributed by atoms with Crippen molar-refractivity contribution in [3.8, 4) is 22.5 Å². The lowest BCUT2D eigenvalue weighted by Gasteiger charge is -2.19. The predicted molar refractivity (Wildman–Crippen MR) is 179 cm³/mol. The van der Waals surface area contributed by atoms with Crippen molar-refractivity contribution in [3.05, 3.63) is 145 Å². The Labute approximate surface area is 246 Å². The van der Waals surface area contributed by atoms with Gasteiger partial charge in [0.25, 0.3) is 0 Å². The summed E-state index contributed by atoms with van der Waals surface area (Å²) in [4.78, 5) is 0. The molecule has 2 aromatic heterocycles. The van der Waals surface area contributed by atoms with Gasteiger partial charge in [-0.25, -0.2) is 0 Å². The van der Waals surface area contributed by atoms with E-state index in [9.17, 15) is 0 Å². The molecule has 0 spiro atoms. The van der Waals surface area contributed by atoms with Crippen LogP contribution in [0.4, 0.5) is 0 Å². The van der Waals surface area contributed by atoms with Gasteiger partial charge in [0, 0.05) is 32.9 Å². The van der Waals surface area contributed by atoms with Crippen molar-refractivity contribution in [3.63, 3.8) is 0 Å². The van der Waals surface area contributed by atoms with Crippen molar-refractivity contribution < 1.29 is 0 Å². The van der Waals surface area contributed by atoms with Crippen LogP contribution in [0.2, 0.25) is 0 Å². The molecular formula is C40H32N2. The van der Waals surface area contributed by atoms with Gasteiger partial charge in [0.05, 0.1) is 22.1 Å². The van der Waals surface area contributed by atoms with E-state index in [1.165, 1.54) is 66.0 Å². The Bertz CT molecular complexity index is 2200. The molecule has 0 saturated carbocycles. The maximum Gasteiger partial charge on any atom is 0.0561 e. The molecule has 2 heterocycles. The number of rotatable bonds is 3. The van der Waals surface area contributed by atoms with Crippen LogP contribution in [0.3, 0.4) is 0 Å². The molecule has 42 heavy (non-hydrogen) atoms. The van der Waals surface area contributed by atoms with Crippen LogP contribution >= 0.6 is 0 Å². The van der Waals surface area contributed by atoms with Gasteiger partial charge in [0.1, 0.15) is 0 Å². The van der Waals surface area contributed by atoms with E-state index in [1.807, 2.05) is 0 Å². The topological polar surface area (TPSA) is 9.86 Å². The number of hydrogen-bond donors (Lipinski definition) is 0. The molecule has 8 aromatic rings. The fourth-order valence-corrected chi connectivity index (χ4v) is 6.54. The molecule has 6 aromatic carbocycles. The summed E-state index contributed by atoms with van der Waals surface area (Å²) in [5.74, 6) is 0. The van der Waals surface area contributed by atoms with Gasteiger partial charge in [-0.2, -0.15) is 0 Å². The van der Waals surface area contributed by atoms with E-state index in [0.29, 0.717) is 0 Å². The van der Waals surface area contributed by atoms with E-state index in [1.54, 1.807) is 0 Å². The second-order valence-electron chi connectivity index (χ2n) is 12.3. The third kappa shape index (κ3) is 3.79. The molecule has 202 valence electrons. The number of hydrogen-bond acceptors (Lipinski definition) is 0. The molecule has 0 atom stereocenters. The number of nitrogens with zero attached hydrogens (tertiary/aromatic N) is 2. The molecule has 0 saturated heterocycles. The zero-order chi connectivity index (χ0) is 28.4. The third-order valence-electron chi connectivity index (χ3n) is 8.71. The van der Waals surface area contributed by atoms with Crippen molar-refractivity contribution in [2.45, 2.75) is 26.2 Å². The molecule has 0 amide bonds. The first-order chi connectivity index (χ1) is 20.5. The van der Waals surface area contributed by atoms with Crippen molar-refractivity contribution in [2.75, 3.05) is 0 Å². The van der Waals surface area contributed by atoms with Crippen LogP contribution < -0.4 is 0 Å². The molecule has 0 bridgehead atoms. The van der Waals surface area contributed by atoms with Gasteiger partial charge < -0.3 is 9.13 Å². The molecule has 0 unspecified atom stereocenters.